The summed E-state index contributed by atoms with van der Waals surface area (Å²) in [5.41, 5.74) is 2.99. The summed E-state index contributed by atoms with van der Waals surface area (Å²) in [7, 11) is 0. The minimum Gasteiger partial charge on any atom is -0.471 e. The molecule has 0 saturated carbocycles. The zero-order valence-corrected chi connectivity index (χ0v) is 18.3. The molecule has 1 amide bonds. The van der Waals surface area contributed by atoms with Gasteiger partial charge in [0, 0.05) is 31.3 Å². The van der Waals surface area contributed by atoms with Crippen LogP contribution in [0.1, 0.15) is 44.0 Å². The third-order valence-electron chi connectivity index (χ3n) is 5.10. The van der Waals surface area contributed by atoms with Gasteiger partial charge in [-0.2, -0.15) is 5.10 Å². The second kappa shape index (κ2) is 10.3. The molecule has 0 radical (unpaired) electrons. The Kier molecular flexibility index (Phi) is 7.45. The van der Waals surface area contributed by atoms with Gasteiger partial charge >= 0.3 is 0 Å². The van der Waals surface area contributed by atoms with Gasteiger partial charge in [-0.1, -0.05) is 13.8 Å². The largest absolute Gasteiger partial charge is 0.471 e. The predicted molar refractivity (Wildman–Crippen MR) is 117 cm³/mol. The van der Waals surface area contributed by atoms with E-state index >= 15 is 0 Å². The van der Waals surface area contributed by atoms with Crippen LogP contribution in [0, 0.1) is 5.92 Å². The zero-order valence-electron chi connectivity index (χ0n) is 18.3. The van der Waals surface area contributed by atoms with Crippen LogP contribution in [-0.2, 0) is 17.8 Å². The Balaban J connectivity index is 1.71. The Labute approximate surface area is 185 Å². The number of nitrogens with zero attached hydrogens (tertiary/aromatic N) is 5. The molecule has 1 aliphatic rings. The molecule has 0 atom stereocenters. The molecular formula is C22H26F2N6O2. The van der Waals surface area contributed by atoms with Crippen molar-refractivity contribution in [3.8, 4) is 5.88 Å². The maximum absolute atomic E-state index is 12.7. The van der Waals surface area contributed by atoms with E-state index in [0.29, 0.717) is 36.1 Å². The monoisotopic (exact) mass is 444 g/mol. The average Bonchev–Trinajstić information content (AvgIpc) is 2.80. The van der Waals surface area contributed by atoms with E-state index < -0.39 is 6.43 Å². The molecule has 2 N–H and O–H groups in total. The summed E-state index contributed by atoms with van der Waals surface area (Å²) >= 11 is 0. The number of carbonyl (C=O) groups is 1. The van der Waals surface area contributed by atoms with E-state index in [1.54, 1.807) is 13.1 Å². The lowest BCUT2D eigenvalue weighted by Crippen LogP contribution is -2.38. The first-order chi connectivity index (χ1) is 15.3. The van der Waals surface area contributed by atoms with Gasteiger partial charge in [0.2, 0.25) is 11.8 Å². The molecule has 0 saturated heterocycles. The molecule has 0 aromatic carbocycles. The molecule has 2 aromatic rings. The third-order valence-corrected chi connectivity index (χ3v) is 5.10. The Morgan fingerprint density at radius 3 is 2.66 bits per heavy atom. The summed E-state index contributed by atoms with van der Waals surface area (Å²) in [5.74, 6) is 5.90. The van der Waals surface area contributed by atoms with Gasteiger partial charge in [-0.15, -0.1) is 0 Å². The summed E-state index contributed by atoms with van der Waals surface area (Å²) in [6.07, 6.45) is 1.05. The number of pyridine rings is 2. The lowest BCUT2D eigenvalue weighted by molar-refractivity contribution is -0.135. The molecule has 0 fully saturated rings. The van der Waals surface area contributed by atoms with E-state index in [0.717, 1.165) is 17.5 Å². The highest BCUT2D eigenvalue weighted by Gasteiger charge is 2.23. The summed E-state index contributed by atoms with van der Waals surface area (Å²) in [5, 5.41) is 3.66. The maximum Gasteiger partial charge on any atom is 0.280 e. The first-order valence-electron chi connectivity index (χ1n) is 10.2. The van der Waals surface area contributed by atoms with Crippen molar-refractivity contribution in [2.45, 2.75) is 40.2 Å². The minimum absolute atomic E-state index is 0.0346. The number of hydrazone groups is 1. The summed E-state index contributed by atoms with van der Waals surface area (Å²) in [6.45, 7) is 6.67. The molecule has 0 spiro atoms. The van der Waals surface area contributed by atoms with Crippen molar-refractivity contribution in [2.24, 2.45) is 21.9 Å². The number of hydrogen-bond acceptors (Lipinski definition) is 7. The number of ether oxygens (including phenoxy) is 1. The lowest BCUT2D eigenvalue weighted by atomic mass is 10.0. The number of carbonyl (C=O) groups excluding carboxylic acids is 1. The number of fused-ring (bicyclic) bond motifs is 1. The van der Waals surface area contributed by atoms with Gasteiger partial charge in [0.05, 0.1) is 17.6 Å². The number of alkyl halides is 2. The highest BCUT2D eigenvalue weighted by molar-refractivity contribution is 6.42. The van der Waals surface area contributed by atoms with Gasteiger partial charge in [0.25, 0.3) is 6.43 Å². The molecule has 8 nitrogen and oxygen atoms in total. The molecule has 0 bridgehead atoms. The first kappa shape index (κ1) is 23.2. The van der Waals surface area contributed by atoms with E-state index in [9.17, 15) is 13.6 Å². The van der Waals surface area contributed by atoms with Crippen LogP contribution in [0.2, 0.25) is 0 Å². The number of aromatic nitrogens is 2. The Morgan fingerprint density at radius 2 is 2.03 bits per heavy atom. The molecule has 2 aromatic heterocycles. The van der Waals surface area contributed by atoms with Crippen LogP contribution < -0.4 is 10.6 Å². The topological polar surface area (TPSA) is 106 Å². The van der Waals surface area contributed by atoms with E-state index in [-0.39, 0.29) is 24.1 Å². The average molecular weight is 444 g/mol. The molecule has 3 rings (SSSR count). The quantitative estimate of drug-likeness (QED) is 0.400. The molecule has 32 heavy (non-hydrogen) atoms. The standard InChI is InChI=1S/C22H26F2N6O2/c1-13(2)22(31)30-7-6-15-8-20(27-9-16(15)11-30)32-12-19(14(3)29-25)28-17-4-5-18(21(23)24)26-10-17/h4-5,8-10,13,21H,6-7,11-12,25H2,1-3H3/b28-19?,29-14-. The van der Waals surface area contributed by atoms with Crippen molar-refractivity contribution < 1.29 is 18.3 Å². The number of nitrogens with two attached hydrogens (primary N) is 1. The molecule has 0 unspecified atom stereocenters. The normalized spacial score (nSPS) is 14.7. The maximum atomic E-state index is 12.7. The van der Waals surface area contributed by atoms with Crippen molar-refractivity contribution in [1.82, 2.24) is 14.9 Å². The highest BCUT2D eigenvalue weighted by Crippen LogP contribution is 2.23. The number of hydrogen-bond donors (Lipinski definition) is 1. The zero-order chi connectivity index (χ0) is 23.3. The fourth-order valence-corrected chi connectivity index (χ4v) is 3.23. The SMILES string of the molecule is C/C(=N/N)C(COc1cc2c(cn1)CN(C(=O)C(C)C)CC2)=Nc1ccc(C(F)F)nc1. The second-order valence-electron chi connectivity index (χ2n) is 7.76. The Bertz CT molecular complexity index is 1020. The van der Waals surface area contributed by atoms with E-state index in [4.69, 9.17) is 10.6 Å². The van der Waals surface area contributed by atoms with Crippen LogP contribution in [-0.4, -0.2) is 45.4 Å². The fraction of sp³-hybridized carbons (Fsp3) is 0.409. The number of aliphatic imine (C=N–C) groups is 1. The van der Waals surface area contributed by atoms with E-state index in [2.05, 4.69) is 20.1 Å². The molecule has 170 valence electrons. The van der Waals surface area contributed by atoms with Crippen LogP contribution in [0.5, 0.6) is 5.88 Å². The van der Waals surface area contributed by atoms with E-state index in [1.165, 1.54) is 18.3 Å². The summed E-state index contributed by atoms with van der Waals surface area (Å²) in [4.78, 5) is 26.5. The van der Waals surface area contributed by atoms with Gasteiger partial charge in [-0.05, 0) is 36.6 Å². The lowest BCUT2D eigenvalue weighted by Gasteiger charge is -2.30. The van der Waals surface area contributed by atoms with Gasteiger partial charge in [-0.3, -0.25) is 9.78 Å². The van der Waals surface area contributed by atoms with Gasteiger partial charge in [0.15, 0.2) is 0 Å². The number of rotatable bonds is 7. The Hall–Kier alpha value is -3.43. The highest BCUT2D eigenvalue weighted by atomic mass is 19.3. The van der Waals surface area contributed by atoms with Gasteiger partial charge < -0.3 is 15.5 Å². The van der Waals surface area contributed by atoms with E-state index in [1.807, 2.05) is 24.8 Å². The molecule has 10 heteroatoms. The van der Waals surface area contributed by atoms with Crippen LogP contribution in [0.4, 0.5) is 14.5 Å². The van der Waals surface area contributed by atoms with Crippen molar-refractivity contribution in [3.05, 3.63) is 47.4 Å². The molecule has 0 aliphatic carbocycles. The van der Waals surface area contributed by atoms with Crippen LogP contribution >= 0.6 is 0 Å². The van der Waals surface area contributed by atoms with Gasteiger partial charge in [-0.25, -0.2) is 18.8 Å². The minimum atomic E-state index is -2.64. The second-order valence-corrected chi connectivity index (χ2v) is 7.76. The first-order valence-corrected chi connectivity index (χ1v) is 10.2. The fourth-order valence-electron chi connectivity index (χ4n) is 3.23. The predicted octanol–water partition coefficient (Wildman–Crippen LogP) is 3.44. The van der Waals surface area contributed by atoms with Crippen molar-refractivity contribution in [1.29, 1.82) is 0 Å². The van der Waals surface area contributed by atoms with Crippen molar-refractivity contribution in [3.63, 3.8) is 0 Å². The van der Waals surface area contributed by atoms with Crippen LogP contribution in [0.3, 0.4) is 0 Å². The van der Waals surface area contributed by atoms with Crippen LogP contribution in [0.25, 0.3) is 0 Å². The molecule has 1 aliphatic heterocycles. The number of halogens is 2. The molecule has 3 heterocycles. The Morgan fingerprint density at radius 1 is 1.25 bits per heavy atom. The van der Waals surface area contributed by atoms with Crippen molar-refractivity contribution in [2.75, 3.05) is 13.2 Å². The van der Waals surface area contributed by atoms with Crippen LogP contribution in [0.15, 0.2) is 40.7 Å². The van der Waals surface area contributed by atoms with Gasteiger partial charge in [0.1, 0.15) is 18.0 Å². The smallest absolute Gasteiger partial charge is 0.280 e. The third kappa shape index (κ3) is 5.63. The van der Waals surface area contributed by atoms with Crippen molar-refractivity contribution >= 4 is 23.0 Å². The summed E-state index contributed by atoms with van der Waals surface area (Å²) < 4.78 is 31.2. The summed E-state index contributed by atoms with van der Waals surface area (Å²) in [6, 6.07) is 4.52. The molecular weight excluding hydrogens is 418 g/mol. The number of amides is 1.